The largest absolute Gasteiger partial charge is 0.466 e. The zero-order valence-corrected chi connectivity index (χ0v) is 17.7. The van der Waals surface area contributed by atoms with E-state index >= 15 is 0 Å². The molecule has 0 aliphatic carbocycles. The Hall–Kier alpha value is -3.49. The number of carbonyl (C=O) groups excluding carboxylic acids is 3. The van der Waals surface area contributed by atoms with Gasteiger partial charge in [-0.15, -0.1) is 0 Å². The zero-order chi connectivity index (χ0) is 22.0. The fraction of sp³-hybridized carbons (Fsp3) is 0.409. The van der Waals surface area contributed by atoms with Gasteiger partial charge in [-0.3, -0.25) is 4.79 Å². The molecule has 1 aromatic carbocycles. The summed E-state index contributed by atoms with van der Waals surface area (Å²) in [5.74, 6) is 1.27. The van der Waals surface area contributed by atoms with Crippen LogP contribution in [0.25, 0.3) is 0 Å². The van der Waals surface area contributed by atoms with Crippen LogP contribution in [0.2, 0.25) is 0 Å². The monoisotopic (exact) mass is 426 g/mol. The van der Waals surface area contributed by atoms with Crippen molar-refractivity contribution in [2.24, 2.45) is 0 Å². The van der Waals surface area contributed by atoms with Crippen molar-refractivity contribution in [2.45, 2.75) is 20.4 Å². The molecule has 164 valence electrons. The second-order valence-corrected chi connectivity index (χ2v) is 7.77. The maximum Gasteiger partial charge on any atom is 0.410 e. The number of furan rings is 1. The smallest absolute Gasteiger partial charge is 0.410 e. The number of cyclic esters (lactones) is 1. The highest BCUT2D eigenvalue weighted by atomic mass is 16.6. The highest BCUT2D eigenvalue weighted by Gasteiger charge is 2.27. The number of hydrogen-bond acceptors (Lipinski definition) is 5. The minimum Gasteiger partial charge on any atom is -0.466 e. The Morgan fingerprint density at radius 1 is 1.00 bits per heavy atom. The number of piperazine rings is 1. The minimum absolute atomic E-state index is 0.0631. The average Bonchev–Trinajstić information content (AvgIpc) is 3.32. The van der Waals surface area contributed by atoms with E-state index in [1.807, 2.05) is 31.2 Å². The first-order chi connectivity index (χ1) is 14.9. The Bertz CT molecular complexity index is 976. The molecule has 4 amide bonds. The fourth-order valence-corrected chi connectivity index (χ4v) is 3.81. The molecule has 2 saturated heterocycles. The van der Waals surface area contributed by atoms with Crippen molar-refractivity contribution in [3.8, 4) is 0 Å². The second-order valence-electron chi connectivity index (χ2n) is 7.77. The van der Waals surface area contributed by atoms with E-state index in [-0.39, 0.29) is 18.0 Å². The molecule has 0 spiro atoms. The molecule has 2 fully saturated rings. The van der Waals surface area contributed by atoms with Crippen LogP contribution in [0, 0.1) is 13.8 Å². The highest BCUT2D eigenvalue weighted by Crippen LogP contribution is 2.18. The normalized spacial score (nSPS) is 16.5. The van der Waals surface area contributed by atoms with Gasteiger partial charge in [0.2, 0.25) is 0 Å². The molecule has 0 saturated carbocycles. The number of rotatable bonds is 4. The molecular formula is C22H26N4O5. The molecule has 2 aromatic rings. The van der Waals surface area contributed by atoms with Gasteiger partial charge in [0.25, 0.3) is 5.91 Å². The molecule has 9 heteroatoms. The Morgan fingerprint density at radius 2 is 1.68 bits per heavy atom. The third kappa shape index (κ3) is 4.65. The third-order valence-corrected chi connectivity index (χ3v) is 5.55. The molecule has 1 N–H and O–H groups in total. The summed E-state index contributed by atoms with van der Waals surface area (Å²) in [7, 11) is 0. The molecule has 4 rings (SSSR count). The van der Waals surface area contributed by atoms with Gasteiger partial charge in [0.1, 0.15) is 18.1 Å². The Balaban J connectivity index is 1.27. The number of urea groups is 1. The molecule has 0 unspecified atom stereocenters. The van der Waals surface area contributed by atoms with Crippen LogP contribution in [0.4, 0.5) is 15.3 Å². The van der Waals surface area contributed by atoms with Crippen LogP contribution in [0.5, 0.6) is 0 Å². The van der Waals surface area contributed by atoms with Crippen LogP contribution >= 0.6 is 0 Å². The fourth-order valence-electron chi connectivity index (χ4n) is 3.81. The summed E-state index contributed by atoms with van der Waals surface area (Å²) in [4.78, 5) is 41.9. The Labute approximate surface area is 180 Å². The van der Waals surface area contributed by atoms with Gasteiger partial charge >= 0.3 is 12.1 Å². The molecule has 0 atom stereocenters. The van der Waals surface area contributed by atoms with E-state index in [1.54, 1.807) is 27.7 Å². The standard InChI is InChI=1S/C22H26N4O5/c1-15-13-19(16(2)31-15)20(27)24-7-9-25(10-8-24)21(28)23-18-5-3-17(4-6-18)14-26-11-12-30-22(26)29/h3-6,13H,7-12,14H2,1-2H3,(H,23,28). The lowest BCUT2D eigenvalue weighted by molar-refractivity contribution is 0.0670. The molecule has 3 heterocycles. The molecule has 2 aliphatic rings. The Kier molecular flexibility index (Phi) is 5.83. The van der Waals surface area contributed by atoms with Crippen molar-refractivity contribution in [1.82, 2.24) is 14.7 Å². The average molecular weight is 426 g/mol. The number of nitrogens with zero attached hydrogens (tertiary/aromatic N) is 3. The van der Waals surface area contributed by atoms with Crippen molar-refractivity contribution in [3.63, 3.8) is 0 Å². The van der Waals surface area contributed by atoms with Crippen molar-refractivity contribution in [3.05, 3.63) is 53.0 Å². The minimum atomic E-state index is -0.298. The van der Waals surface area contributed by atoms with E-state index in [9.17, 15) is 14.4 Å². The summed E-state index contributed by atoms with van der Waals surface area (Å²) >= 11 is 0. The lowest BCUT2D eigenvalue weighted by Crippen LogP contribution is -2.51. The van der Waals surface area contributed by atoms with Gasteiger partial charge in [-0.05, 0) is 37.6 Å². The number of amides is 4. The number of aryl methyl sites for hydroxylation is 2. The lowest BCUT2D eigenvalue weighted by atomic mass is 10.2. The predicted octanol–water partition coefficient (Wildman–Crippen LogP) is 2.84. The van der Waals surface area contributed by atoms with E-state index in [1.165, 1.54) is 0 Å². The van der Waals surface area contributed by atoms with Gasteiger partial charge in [0, 0.05) is 38.4 Å². The quantitative estimate of drug-likeness (QED) is 0.811. The second kappa shape index (κ2) is 8.71. The van der Waals surface area contributed by atoms with Gasteiger partial charge in [-0.2, -0.15) is 0 Å². The van der Waals surface area contributed by atoms with Crippen molar-refractivity contribution < 1.29 is 23.5 Å². The molecule has 9 nitrogen and oxygen atoms in total. The summed E-state index contributed by atoms with van der Waals surface area (Å²) in [6.45, 7) is 6.97. The molecular weight excluding hydrogens is 400 g/mol. The third-order valence-electron chi connectivity index (χ3n) is 5.55. The van der Waals surface area contributed by atoms with Crippen LogP contribution in [0.1, 0.15) is 27.4 Å². The summed E-state index contributed by atoms with van der Waals surface area (Å²) in [6, 6.07) is 8.96. The number of ether oxygens (including phenoxy) is 1. The summed E-state index contributed by atoms with van der Waals surface area (Å²) in [6.07, 6.45) is -0.298. The number of hydrogen-bond donors (Lipinski definition) is 1. The van der Waals surface area contributed by atoms with Crippen molar-refractivity contribution >= 4 is 23.7 Å². The SMILES string of the molecule is Cc1cc(C(=O)N2CCN(C(=O)Nc3ccc(CN4CCOC4=O)cc3)CC2)c(C)o1. The number of anilines is 1. The maximum absolute atomic E-state index is 12.7. The maximum atomic E-state index is 12.7. The van der Waals surface area contributed by atoms with E-state index in [0.717, 1.165) is 5.56 Å². The van der Waals surface area contributed by atoms with Gasteiger partial charge in [-0.1, -0.05) is 12.1 Å². The van der Waals surface area contributed by atoms with E-state index in [0.29, 0.717) is 68.6 Å². The first-order valence-electron chi connectivity index (χ1n) is 10.3. The number of carbonyl (C=O) groups is 3. The van der Waals surface area contributed by atoms with E-state index in [4.69, 9.17) is 9.15 Å². The van der Waals surface area contributed by atoms with Gasteiger partial charge in [-0.25, -0.2) is 9.59 Å². The van der Waals surface area contributed by atoms with Gasteiger partial charge in [0.05, 0.1) is 12.1 Å². The van der Waals surface area contributed by atoms with E-state index in [2.05, 4.69) is 5.32 Å². The molecule has 0 radical (unpaired) electrons. The van der Waals surface area contributed by atoms with Crippen LogP contribution in [-0.4, -0.2) is 72.1 Å². The van der Waals surface area contributed by atoms with Crippen molar-refractivity contribution in [1.29, 1.82) is 0 Å². The van der Waals surface area contributed by atoms with Crippen LogP contribution in [0.3, 0.4) is 0 Å². The summed E-state index contributed by atoms with van der Waals surface area (Å²) in [5, 5.41) is 2.89. The Morgan fingerprint density at radius 3 is 2.26 bits per heavy atom. The zero-order valence-electron chi connectivity index (χ0n) is 17.7. The highest BCUT2D eigenvalue weighted by molar-refractivity contribution is 5.95. The summed E-state index contributed by atoms with van der Waals surface area (Å²) < 4.78 is 10.4. The number of benzene rings is 1. The van der Waals surface area contributed by atoms with E-state index < -0.39 is 0 Å². The first-order valence-corrected chi connectivity index (χ1v) is 10.3. The lowest BCUT2D eigenvalue weighted by Gasteiger charge is -2.34. The molecule has 31 heavy (non-hydrogen) atoms. The predicted molar refractivity (Wildman–Crippen MR) is 113 cm³/mol. The van der Waals surface area contributed by atoms with Gasteiger partial charge < -0.3 is 29.2 Å². The van der Waals surface area contributed by atoms with Crippen LogP contribution < -0.4 is 5.32 Å². The topological polar surface area (TPSA) is 95.3 Å². The summed E-state index contributed by atoms with van der Waals surface area (Å²) in [5.41, 5.74) is 2.23. The molecule has 2 aliphatic heterocycles. The molecule has 1 aromatic heterocycles. The van der Waals surface area contributed by atoms with Crippen LogP contribution in [0.15, 0.2) is 34.7 Å². The number of nitrogens with one attached hydrogen (secondary N) is 1. The van der Waals surface area contributed by atoms with Gasteiger partial charge in [0.15, 0.2) is 0 Å². The van der Waals surface area contributed by atoms with Crippen molar-refractivity contribution in [2.75, 3.05) is 44.6 Å². The van der Waals surface area contributed by atoms with Crippen LogP contribution in [-0.2, 0) is 11.3 Å². The first kappa shape index (κ1) is 20.8. The molecule has 0 bridgehead atoms.